The molecule has 4 rings (SSSR count). The fraction of sp³-hybridized carbons (Fsp3) is 0.308. The van der Waals surface area contributed by atoms with E-state index in [9.17, 15) is 14.4 Å². The predicted molar refractivity (Wildman–Crippen MR) is 129 cm³/mol. The van der Waals surface area contributed by atoms with Gasteiger partial charge in [-0.2, -0.15) is 0 Å². The molecule has 1 N–H and O–H groups in total. The summed E-state index contributed by atoms with van der Waals surface area (Å²) in [4.78, 5) is 45.9. The monoisotopic (exact) mass is 460 g/mol. The van der Waals surface area contributed by atoms with Crippen molar-refractivity contribution in [2.75, 3.05) is 26.7 Å². The van der Waals surface area contributed by atoms with E-state index in [1.165, 1.54) is 0 Å². The molecule has 176 valence electrons. The zero-order valence-corrected chi connectivity index (χ0v) is 19.5. The number of hydrogen-bond acceptors (Lipinski definition) is 5. The number of hydrogen-bond donors (Lipinski definition) is 1. The van der Waals surface area contributed by atoms with Crippen LogP contribution in [0.4, 0.5) is 0 Å². The minimum Gasteiger partial charge on any atom is -0.480 e. The summed E-state index contributed by atoms with van der Waals surface area (Å²) in [5.41, 5.74) is 0.949. The molecule has 8 nitrogen and oxygen atoms in total. The van der Waals surface area contributed by atoms with Crippen LogP contribution in [0.3, 0.4) is 0 Å². The van der Waals surface area contributed by atoms with Crippen LogP contribution >= 0.6 is 0 Å². The van der Waals surface area contributed by atoms with Crippen molar-refractivity contribution in [3.63, 3.8) is 0 Å². The van der Waals surface area contributed by atoms with E-state index in [2.05, 4.69) is 10.3 Å². The van der Waals surface area contributed by atoms with E-state index in [-0.39, 0.29) is 23.8 Å². The van der Waals surface area contributed by atoms with E-state index in [1.807, 2.05) is 25.1 Å². The van der Waals surface area contributed by atoms with Crippen molar-refractivity contribution >= 4 is 28.5 Å². The number of benzene rings is 2. The maximum absolute atomic E-state index is 13.2. The minimum absolute atomic E-state index is 0.0277. The van der Waals surface area contributed by atoms with Gasteiger partial charge in [0.15, 0.2) is 6.10 Å². The van der Waals surface area contributed by atoms with E-state index in [1.54, 1.807) is 66.4 Å². The Bertz CT molecular complexity index is 1210. The van der Waals surface area contributed by atoms with E-state index in [0.717, 1.165) is 0 Å². The van der Waals surface area contributed by atoms with Crippen molar-refractivity contribution in [3.05, 3.63) is 72.1 Å². The summed E-state index contributed by atoms with van der Waals surface area (Å²) >= 11 is 0. The van der Waals surface area contributed by atoms with Crippen molar-refractivity contribution in [1.82, 2.24) is 20.1 Å². The van der Waals surface area contributed by atoms with Gasteiger partial charge >= 0.3 is 0 Å². The third-order valence-corrected chi connectivity index (χ3v) is 6.08. The smallest absolute Gasteiger partial charge is 0.270 e. The molecule has 2 atom stereocenters. The molecule has 1 aromatic heterocycles. The molecule has 2 aromatic carbocycles. The van der Waals surface area contributed by atoms with Gasteiger partial charge in [-0.3, -0.25) is 19.4 Å². The van der Waals surface area contributed by atoms with Crippen molar-refractivity contribution in [1.29, 1.82) is 0 Å². The second-order valence-electron chi connectivity index (χ2n) is 8.35. The van der Waals surface area contributed by atoms with Gasteiger partial charge in [0.1, 0.15) is 11.4 Å². The van der Waals surface area contributed by atoms with Crippen LogP contribution in [0, 0.1) is 0 Å². The van der Waals surface area contributed by atoms with Crippen LogP contribution in [-0.4, -0.2) is 71.3 Å². The van der Waals surface area contributed by atoms with Gasteiger partial charge in [0.05, 0.1) is 0 Å². The van der Waals surface area contributed by atoms with E-state index in [4.69, 9.17) is 4.74 Å². The van der Waals surface area contributed by atoms with Crippen molar-refractivity contribution < 1.29 is 19.1 Å². The second kappa shape index (κ2) is 9.91. The third-order valence-electron chi connectivity index (χ3n) is 6.08. The maximum Gasteiger partial charge on any atom is 0.270 e. The highest BCUT2D eigenvalue weighted by Gasteiger charge is 2.33. The largest absolute Gasteiger partial charge is 0.480 e. The zero-order valence-electron chi connectivity index (χ0n) is 19.5. The summed E-state index contributed by atoms with van der Waals surface area (Å²) in [7, 11) is 1.55. The lowest BCUT2D eigenvalue weighted by Crippen LogP contribution is -2.57. The van der Waals surface area contributed by atoms with Gasteiger partial charge in [-0.25, -0.2) is 0 Å². The lowest BCUT2D eigenvalue weighted by molar-refractivity contribution is -0.142. The van der Waals surface area contributed by atoms with E-state index >= 15 is 0 Å². The summed E-state index contributed by atoms with van der Waals surface area (Å²) < 4.78 is 6.07. The first-order valence-corrected chi connectivity index (χ1v) is 11.3. The van der Waals surface area contributed by atoms with Crippen LogP contribution in [0.15, 0.2) is 60.8 Å². The molecular formula is C26H28N4O4. The fourth-order valence-electron chi connectivity index (χ4n) is 4.29. The molecule has 2 heterocycles. The molecule has 34 heavy (non-hydrogen) atoms. The Balaban J connectivity index is 1.46. The summed E-state index contributed by atoms with van der Waals surface area (Å²) in [6, 6.07) is 16.2. The number of nitrogens with zero attached hydrogens (tertiary/aromatic N) is 3. The van der Waals surface area contributed by atoms with Crippen molar-refractivity contribution in [2.24, 2.45) is 0 Å². The topological polar surface area (TPSA) is 91.8 Å². The minimum atomic E-state index is -0.735. The number of carbonyl (C=O) groups excluding carboxylic acids is 3. The number of piperazine rings is 1. The average molecular weight is 461 g/mol. The van der Waals surface area contributed by atoms with Gasteiger partial charge in [-0.05, 0) is 38.1 Å². The highest BCUT2D eigenvalue weighted by Crippen LogP contribution is 2.28. The van der Waals surface area contributed by atoms with Gasteiger partial charge in [-0.15, -0.1) is 0 Å². The van der Waals surface area contributed by atoms with Gasteiger partial charge in [0.2, 0.25) is 0 Å². The van der Waals surface area contributed by atoms with Crippen LogP contribution in [-0.2, 0) is 4.79 Å². The highest BCUT2D eigenvalue weighted by atomic mass is 16.5. The van der Waals surface area contributed by atoms with Gasteiger partial charge in [0.25, 0.3) is 17.7 Å². The Kier molecular flexibility index (Phi) is 6.77. The molecule has 1 fully saturated rings. The summed E-state index contributed by atoms with van der Waals surface area (Å²) in [6.45, 7) is 5.02. The van der Waals surface area contributed by atoms with Gasteiger partial charge < -0.3 is 19.9 Å². The Labute approximate surface area is 198 Å². The Morgan fingerprint density at radius 3 is 2.50 bits per heavy atom. The molecule has 1 aliphatic rings. The van der Waals surface area contributed by atoms with Gasteiger partial charge in [0, 0.05) is 55.3 Å². The number of nitrogens with one attached hydrogen (secondary N) is 1. The van der Waals surface area contributed by atoms with E-state index in [0.29, 0.717) is 47.4 Å². The van der Waals surface area contributed by atoms with Crippen LogP contribution < -0.4 is 10.1 Å². The molecule has 0 bridgehead atoms. The third kappa shape index (κ3) is 4.57. The SMILES string of the molecule is CNC(=O)c1nccc2c(O[C@@H](C)C(=O)N3CCN(C(=O)c4ccccc4)C[C@@H]3C)cccc12. The molecule has 3 amide bonds. The fourth-order valence-corrected chi connectivity index (χ4v) is 4.29. The van der Waals surface area contributed by atoms with Crippen LogP contribution in [0.25, 0.3) is 10.8 Å². The Hall–Kier alpha value is -3.94. The quantitative estimate of drug-likeness (QED) is 0.632. The first kappa shape index (κ1) is 23.2. The number of amides is 3. The molecule has 0 aliphatic carbocycles. The number of aromatic nitrogens is 1. The highest BCUT2D eigenvalue weighted by molar-refractivity contribution is 6.06. The van der Waals surface area contributed by atoms with Crippen molar-refractivity contribution in [2.45, 2.75) is 26.0 Å². The Morgan fingerprint density at radius 1 is 1.03 bits per heavy atom. The summed E-state index contributed by atoms with van der Waals surface area (Å²) in [6.07, 6.45) is 0.818. The second-order valence-corrected chi connectivity index (χ2v) is 8.35. The maximum atomic E-state index is 13.2. The molecule has 3 aromatic rings. The molecule has 1 aliphatic heterocycles. The number of fused-ring (bicyclic) bond motifs is 1. The summed E-state index contributed by atoms with van der Waals surface area (Å²) in [5, 5.41) is 3.95. The molecule has 0 unspecified atom stereocenters. The number of carbonyl (C=O) groups is 3. The number of pyridine rings is 1. The average Bonchev–Trinajstić information content (AvgIpc) is 2.87. The first-order chi connectivity index (χ1) is 16.4. The molecule has 1 saturated heterocycles. The molecular weight excluding hydrogens is 432 g/mol. The van der Waals surface area contributed by atoms with Crippen molar-refractivity contribution in [3.8, 4) is 5.75 Å². The van der Waals surface area contributed by atoms with Gasteiger partial charge in [-0.1, -0.05) is 30.3 Å². The number of ether oxygens (including phenoxy) is 1. The molecule has 0 spiro atoms. The van der Waals surface area contributed by atoms with Crippen LogP contribution in [0.2, 0.25) is 0 Å². The zero-order chi connectivity index (χ0) is 24.2. The molecule has 0 radical (unpaired) electrons. The lowest BCUT2D eigenvalue weighted by Gasteiger charge is -2.40. The number of rotatable bonds is 5. The first-order valence-electron chi connectivity index (χ1n) is 11.3. The standard InChI is InChI=1S/C26H28N4O4/c1-17-16-29(26(33)19-8-5-4-6-9-19)14-15-30(17)25(32)18(2)34-22-11-7-10-21-20(22)12-13-28-23(21)24(31)27-3/h4-13,17-18H,14-16H2,1-3H3,(H,27,31)/t17-,18-/m0/s1. The lowest BCUT2D eigenvalue weighted by atomic mass is 10.1. The van der Waals surface area contributed by atoms with E-state index < -0.39 is 6.10 Å². The molecule has 0 saturated carbocycles. The summed E-state index contributed by atoms with van der Waals surface area (Å²) in [5.74, 6) is 0.0529. The normalized spacial score (nSPS) is 16.7. The molecule has 8 heteroatoms. The van der Waals surface area contributed by atoms with Crippen LogP contribution in [0.1, 0.15) is 34.7 Å². The van der Waals surface area contributed by atoms with Crippen LogP contribution in [0.5, 0.6) is 5.75 Å². The Morgan fingerprint density at radius 2 is 1.79 bits per heavy atom. The predicted octanol–water partition coefficient (Wildman–Crippen LogP) is 2.73.